The first-order chi connectivity index (χ1) is 9.53. The molecule has 1 fully saturated rings. The smallest absolute Gasteiger partial charge is 0.191 e. The van der Waals surface area contributed by atoms with Crippen molar-refractivity contribution in [3.63, 3.8) is 0 Å². The molecule has 2 rings (SSSR count). The Morgan fingerprint density at radius 2 is 2.00 bits per heavy atom. The molecule has 4 heteroatoms. The van der Waals surface area contributed by atoms with Gasteiger partial charge in [-0.3, -0.25) is 4.99 Å². The molecule has 1 aliphatic carbocycles. The average Bonchev–Trinajstić information content (AvgIpc) is 3.23. The van der Waals surface area contributed by atoms with E-state index in [1.807, 2.05) is 25.2 Å². The first kappa shape index (κ1) is 15.2. The molecule has 20 heavy (non-hydrogen) atoms. The van der Waals surface area contributed by atoms with Crippen molar-refractivity contribution < 1.29 is 0 Å². The summed E-state index contributed by atoms with van der Waals surface area (Å²) in [6.07, 6.45) is 2.68. The molecule has 1 aromatic rings. The monoisotopic (exact) mass is 293 g/mol. The maximum absolute atomic E-state index is 6.30. The molecular weight excluding hydrogens is 270 g/mol. The van der Waals surface area contributed by atoms with Crippen molar-refractivity contribution in [1.82, 2.24) is 10.6 Å². The second kappa shape index (κ2) is 6.49. The molecule has 0 saturated heterocycles. The first-order valence-electron chi connectivity index (χ1n) is 7.22. The zero-order chi connectivity index (χ0) is 14.6. The summed E-state index contributed by atoms with van der Waals surface area (Å²) < 4.78 is 0. The molecule has 0 heterocycles. The molecule has 0 spiro atoms. The van der Waals surface area contributed by atoms with Crippen LogP contribution in [0.25, 0.3) is 0 Å². The van der Waals surface area contributed by atoms with Gasteiger partial charge in [-0.2, -0.15) is 0 Å². The van der Waals surface area contributed by atoms with E-state index in [0.717, 1.165) is 35.6 Å². The topological polar surface area (TPSA) is 36.4 Å². The van der Waals surface area contributed by atoms with Crippen molar-refractivity contribution in [2.75, 3.05) is 20.1 Å². The van der Waals surface area contributed by atoms with Crippen LogP contribution >= 0.6 is 11.6 Å². The lowest BCUT2D eigenvalue weighted by Crippen LogP contribution is -2.44. The summed E-state index contributed by atoms with van der Waals surface area (Å²) in [5.41, 5.74) is 1.11. The lowest BCUT2D eigenvalue weighted by Gasteiger charge is -2.27. The van der Waals surface area contributed by atoms with Gasteiger partial charge >= 0.3 is 0 Å². The Kier molecular flexibility index (Phi) is 4.92. The van der Waals surface area contributed by atoms with Crippen LogP contribution in [0.3, 0.4) is 0 Å². The number of hydrogen-bond donors (Lipinski definition) is 2. The number of benzene rings is 1. The minimum atomic E-state index is -0.0461. The van der Waals surface area contributed by atoms with Gasteiger partial charge in [0, 0.05) is 30.6 Å². The summed E-state index contributed by atoms with van der Waals surface area (Å²) in [4.78, 5) is 4.27. The molecule has 1 aliphatic rings. The van der Waals surface area contributed by atoms with E-state index in [4.69, 9.17) is 11.6 Å². The molecule has 0 bridgehead atoms. The van der Waals surface area contributed by atoms with Gasteiger partial charge < -0.3 is 10.6 Å². The number of rotatable bonds is 5. The SMILES string of the molecule is CN=C(NCC1CC1)NCC(C)(C)c1ccccc1Cl. The van der Waals surface area contributed by atoms with Crippen LogP contribution in [0.1, 0.15) is 32.3 Å². The quantitative estimate of drug-likeness (QED) is 0.646. The third kappa shape index (κ3) is 4.14. The van der Waals surface area contributed by atoms with Gasteiger partial charge in [-0.15, -0.1) is 0 Å². The van der Waals surface area contributed by atoms with Crippen molar-refractivity contribution in [2.24, 2.45) is 10.9 Å². The van der Waals surface area contributed by atoms with Crippen LogP contribution in [0.15, 0.2) is 29.3 Å². The van der Waals surface area contributed by atoms with Gasteiger partial charge in [0.1, 0.15) is 0 Å². The highest BCUT2D eigenvalue weighted by molar-refractivity contribution is 6.31. The summed E-state index contributed by atoms with van der Waals surface area (Å²) >= 11 is 6.30. The summed E-state index contributed by atoms with van der Waals surface area (Å²) in [7, 11) is 1.81. The average molecular weight is 294 g/mol. The van der Waals surface area contributed by atoms with Crippen molar-refractivity contribution in [2.45, 2.75) is 32.1 Å². The van der Waals surface area contributed by atoms with Gasteiger partial charge in [0.15, 0.2) is 5.96 Å². The molecule has 0 amide bonds. The van der Waals surface area contributed by atoms with Crippen molar-refractivity contribution in [3.05, 3.63) is 34.9 Å². The first-order valence-corrected chi connectivity index (χ1v) is 7.60. The molecule has 0 radical (unpaired) electrons. The van der Waals surface area contributed by atoms with Gasteiger partial charge in [0.25, 0.3) is 0 Å². The van der Waals surface area contributed by atoms with E-state index in [1.54, 1.807) is 0 Å². The van der Waals surface area contributed by atoms with E-state index in [1.165, 1.54) is 12.8 Å². The van der Waals surface area contributed by atoms with E-state index >= 15 is 0 Å². The van der Waals surface area contributed by atoms with Crippen LogP contribution in [0.5, 0.6) is 0 Å². The Hall–Kier alpha value is -1.22. The lowest BCUT2D eigenvalue weighted by atomic mass is 9.84. The predicted octanol–water partition coefficient (Wildman–Crippen LogP) is 3.19. The molecule has 1 aromatic carbocycles. The molecular formula is C16H24ClN3. The van der Waals surface area contributed by atoms with Crippen molar-refractivity contribution in [1.29, 1.82) is 0 Å². The fourth-order valence-electron chi connectivity index (χ4n) is 2.19. The predicted molar refractivity (Wildman–Crippen MR) is 86.6 cm³/mol. The number of hydrogen-bond acceptors (Lipinski definition) is 1. The maximum atomic E-state index is 6.30. The van der Waals surface area contributed by atoms with Gasteiger partial charge in [-0.05, 0) is 30.4 Å². The maximum Gasteiger partial charge on any atom is 0.191 e. The molecule has 1 saturated carbocycles. The third-order valence-corrected chi connectivity index (χ3v) is 4.11. The fourth-order valence-corrected chi connectivity index (χ4v) is 2.59. The summed E-state index contributed by atoms with van der Waals surface area (Å²) in [6.45, 7) is 6.19. The van der Waals surface area contributed by atoms with Gasteiger partial charge in [0.2, 0.25) is 0 Å². The minimum Gasteiger partial charge on any atom is -0.356 e. The summed E-state index contributed by atoms with van der Waals surface area (Å²) in [5.74, 6) is 1.71. The Labute approximate surface area is 126 Å². The second-order valence-electron chi connectivity index (χ2n) is 6.11. The van der Waals surface area contributed by atoms with E-state index in [0.29, 0.717) is 0 Å². The van der Waals surface area contributed by atoms with Crippen LogP contribution < -0.4 is 10.6 Å². The highest BCUT2D eigenvalue weighted by atomic mass is 35.5. The van der Waals surface area contributed by atoms with E-state index in [2.05, 4.69) is 35.5 Å². The number of guanidine groups is 1. The molecule has 0 atom stereocenters. The van der Waals surface area contributed by atoms with Gasteiger partial charge in [-0.1, -0.05) is 43.6 Å². The highest BCUT2D eigenvalue weighted by Gasteiger charge is 2.24. The van der Waals surface area contributed by atoms with Crippen LogP contribution in [0, 0.1) is 5.92 Å². The molecule has 110 valence electrons. The molecule has 0 unspecified atom stereocenters. The highest BCUT2D eigenvalue weighted by Crippen LogP contribution is 2.29. The third-order valence-electron chi connectivity index (χ3n) is 3.78. The van der Waals surface area contributed by atoms with Crippen LogP contribution in [-0.4, -0.2) is 26.1 Å². The number of nitrogens with zero attached hydrogens (tertiary/aromatic N) is 1. The number of halogens is 1. The number of nitrogens with one attached hydrogen (secondary N) is 2. The fraction of sp³-hybridized carbons (Fsp3) is 0.562. The summed E-state index contributed by atoms with van der Waals surface area (Å²) in [5, 5.41) is 7.59. The van der Waals surface area contributed by atoms with Crippen molar-refractivity contribution >= 4 is 17.6 Å². The van der Waals surface area contributed by atoms with Gasteiger partial charge in [-0.25, -0.2) is 0 Å². The van der Waals surface area contributed by atoms with Crippen molar-refractivity contribution in [3.8, 4) is 0 Å². The molecule has 0 aliphatic heterocycles. The Morgan fingerprint density at radius 1 is 1.30 bits per heavy atom. The molecule has 0 aromatic heterocycles. The lowest BCUT2D eigenvalue weighted by molar-refractivity contribution is 0.508. The Balaban J connectivity index is 1.91. The van der Waals surface area contributed by atoms with Crippen LogP contribution in [0.4, 0.5) is 0 Å². The Bertz CT molecular complexity index is 478. The normalized spacial score (nSPS) is 16.1. The minimum absolute atomic E-state index is 0.0461. The zero-order valence-corrected chi connectivity index (χ0v) is 13.3. The standard InChI is InChI=1S/C16H24ClN3/c1-16(2,13-6-4-5-7-14(13)17)11-20-15(18-3)19-10-12-8-9-12/h4-7,12H,8-11H2,1-3H3,(H2,18,19,20). The summed E-state index contributed by atoms with van der Waals surface area (Å²) in [6, 6.07) is 8.03. The molecule has 3 nitrogen and oxygen atoms in total. The van der Waals surface area contributed by atoms with E-state index in [9.17, 15) is 0 Å². The molecule has 2 N–H and O–H groups in total. The van der Waals surface area contributed by atoms with Crippen LogP contribution in [-0.2, 0) is 5.41 Å². The second-order valence-corrected chi connectivity index (χ2v) is 6.52. The Morgan fingerprint density at radius 3 is 2.60 bits per heavy atom. The van der Waals surface area contributed by atoms with E-state index < -0.39 is 0 Å². The van der Waals surface area contributed by atoms with E-state index in [-0.39, 0.29) is 5.41 Å². The zero-order valence-electron chi connectivity index (χ0n) is 12.5. The largest absolute Gasteiger partial charge is 0.356 e. The van der Waals surface area contributed by atoms with Gasteiger partial charge in [0.05, 0.1) is 0 Å². The number of aliphatic imine (C=N–C) groups is 1. The van der Waals surface area contributed by atoms with Crippen LogP contribution in [0.2, 0.25) is 5.02 Å².